The van der Waals surface area contributed by atoms with Gasteiger partial charge in [-0.2, -0.15) is 0 Å². The molecule has 2 aromatic carbocycles. The molecular formula is C12H10. The molecule has 0 bridgehead atoms. The van der Waals surface area contributed by atoms with Crippen molar-refractivity contribution in [1.82, 2.24) is 0 Å². The topological polar surface area (TPSA) is 0 Å². The van der Waals surface area contributed by atoms with Crippen molar-refractivity contribution in [1.29, 1.82) is 0 Å². The molecule has 0 aromatic heterocycles. The first-order valence-corrected chi connectivity index (χ1v) is 4.28. The molecule has 0 nitrogen and oxygen atoms in total. The van der Waals surface area contributed by atoms with Crippen LogP contribution in [0.2, 0.25) is 0 Å². The summed E-state index contributed by atoms with van der Waals surface area (Å²) in [5.41, 5.74) is 2.61. The van der Waals surface area contributed by atoms with Gasteiger partial charge in [-0.1, -0.05) is 36.4 Å². The minimum atomic E-state index is 0.484. The SMILES string of the molecule is [2H]c1ccc2c3c(ccc([2H])c13)CC2. The summed E-state index contributed by atoms with van der Waals surface area (Å²) in [6, 6.07) is 8.64. The maximum Gasteiger partial charge on any atom is 0.0629 e. The fourth-order valence-electron chi connectivity index (χ4n) is 2.02. The maximum absolute atomic E-state index is 7.81. The number of hydrogen-bond acceptors (Lipinski definition) is 0. The van der Waals surface area contributed by atoms with E-state index >= 15 is 0 Å². The highest BCUT2D eigenvalue weighted by molar-refractivity contribution is 5.90. The fourth-order valence-corrected chi connectivity index (χ4v) is 2.02. The Balaban J connectivity index is 2.60. The number of hydrogen-bond donors (Lipinski definition) is 0. The third-order valence-corrected chi connectivity index (χ3v) is 2.58. The molecule has 0 unspecified atom stereocenters. The van der Waals surface area contributed by atoms with E-state index in [0.717, 1.165) is 18.2 Å². The maximum atomic E-state index is 7.81. The van der Waals surface area contributed by atoms with Gasteiger partial charge in [-0.3, -0.25) is 0 Å². The van der Waals surface area contributed by atoms with Gasteiger partial charge in [0, 0.05) is 0 Å². The van der Waals surface area contributed by atoms with Crippen molar-refractivity contribution in [3.8, 4) is 0 Å². The lowest BCUT2D eigenvalue weighted by Crippen LogP contribution is -1.76. The van der Waals surface area contributed by atoms with Gasteiger partial charge in [-0.25, -0.2) is 0 Å². The van der Waals surface area contributed by atoms with Gasteiger partial charge < -0.3 is 0 Å². The van der Waals surface area contributed by atoms with Crippen LogP contribution < -0.4 is 0 Å². The lowest BCUT2D eigenvalue weighted by Gasteiger charge is -1.99. The predicted molar refractivity (Wildman–Crippen MR) is 51.4 cm³/mol. The summed E-state index contributed by atoms with van der Waals surface area (Å²) < 4.78 is 15.6. The molecule has 0 spiro atoms. The summed E-state index contributed by atoms with van der Waals surface area (Å²) in [7, 11) is 0. The standard InChI is InChI=1S/C12H10/c1-3-9-4-2-6-11-8-7-10(5-1)12(9)11/h1-6H,7-8H2/i3D,4D. The average molecular weight is 156 g/mol. The Kier molecular flexibility index (Phi) is 0.815. The molecule has 0 heterocycles. The summed E-state index contributed by atoms with van der Waals surface area (Å²) in [5.74, 6) is 0. The molecule has 2 aromatic rings. The van der Waals surface area contributed by atoms with E-state index in [0.29, 0.717) is 12.1 Å². The summed E-state index contributed by atoms with van der Waals surface area (Å²) in [6.07, 6.45) is 2.13. The second-order valence-electron chi connectivity index (χ2n) is 3.26. The van der Waals surface area contributed by atoms with Crippen LogP contribution in [0, 0.1) is 0 Å². The second-order valence-corrected chi connectivity index (χ2v) is 3.26. The smallest absolute Gasteiger partial charge is 0.0614 e. The normalized spacial score (nSPS) is 16.3. The van der Waals surface area contributed by atoms with Gasteiger partial charge in [0.15, 0.2) is 0 Å². The molecule has 1 aliphatic carbocycles. The highest BCUT2D eigenvalue weighted by atomic mass is 14.2. The fraction of sp³-hybridized carbons (Fsp3) is 0.167. The molecule has 0 atom stereocenters. The van der Waals surface area contributed by atoms with Gasteiger partial charge in [0.05, 0.1) is 2.74 Å². The molecule has 3 rings (SSSR count). The zero-order valence-corrected chi connectivity index (χ0v) is 6.72. The number of aryl methyl sites for hydroxylation is 2. The van der Waals surface area contributed by atoms with Crippen LogP contribution >= 0.6 is 0 Å². The van der Waals surface area contributed by atoms with Crippen molar-refractivity contribution in [3.63, 3.8) is 0 Å². The van der Waals surface area contributed by atoms with E-state index in [1.54, 1.807) is 0 Å². The lowest BCUT2D eigenvalue weighted by atomic mass is 10.1. The highest BCUT2D eigenvalue weighted by Crippen LogP contribution is 2.29. The molecule has 0 saturated carbocycles. The number of benzene rings is 2. The van der Waals surface area contributed by atoms with Gasteiger partial charge in [0.1, 0.15) is 0 Å². The molecule has 0 amide bonds. The molecule has 0 radical (unpaired) electrons. The van der Waals surface area contributed by atoms with Crippen LogP contribution in [0.5, 0.6) is 0 Å². The van der Waals surface area contributed by atoms with Crippen molar-refractivity contribution in [2.75, 3.05) is 0 Å². The summed E-state index contributed by atoms with van der Waals surface area (Å²) in [6.45, 7) is 0. The van der Waals surface area contributed by atoms with Gasteiger partial charge in [0.25, 0.3) is 0 Å². The van der Waals surface area contributed by atoms with Crippen molar-refractivity contribution in [3.05, 3.63) is 47.5 Å². The largest absolute Gasteiger partial charge is 0.0629 e. The van der Waals surface area contributed by atoms with Crippen molar-refractivity contribution >= 4 is 10.8 Å². The lowest BCUT2D eigenvalue weighted by molar-refractivity contribution is 1.02. The Labute approximate surface area is 74.6 Å². The van der Waals surface area contributed by atoms with Crippen LogP contribution in [0.25, 0.3) is 10.8 Å². The molecule has 0 heteroatoms. The molecule has 0 fully saturated rings. The first-order valence-electron chi connectivity index (χ1n) is 5.28. The van der Waals surface area contributed by atoms with Gasteiger partial charge in [0.2, 0.25) is 0 Å². The Morgan fingerprint density at radius 3 is 2.17 bits per heavy atom. The van der Waals surface area contributed by atoms with E-state index in [-0.39, 0.29) is 0 Å². The molecule has 1 aliphatic rings. The summed E-state index contributed by atoms with van der Waals surface area (Å²) in [5, 5.41) is 2.00. The summed E-state index contributed by atoms with van der Waals surface area (Å²) in [4.78, 5) is 0. The first-order chi connectivity index (χ1) is 6.77. The molecule has 0 saturated heterocycles. The highest BCUT2D eigenvalue weighted by Gasteiger charge is 2.11. The molecule has 58 valence electrons. The van der Waals surface area contributed by atoms with Gasteiger partial charge >= 0.3 is 0 Å². The zero-order chi connectivity index (χ0) is 9.71. The van der Waals surface area contributed by atoms with Crippen LogP contribution in [-0.4, -0.2) is 0 Å². The minimum absolute atomic E-state index is 0.484. The van der Waals surface area contributed by atoms with Crippen LogP contribution in [0.4, 0.5) is 0 Å². The van der Waals surface area contributed by atoms with Crippen LogP contribution in [0.3, 0.4) is 0 Å². The van der Waals surface area contributed by atoms with E-state index < -0.39 is 0 Å². The van der Waals surface area contributed by atoms with E-state index in [9.17, 15) is 0 Å². The zero-order valence-electron chi connectivity index (χ0n) is 8.72. The van der Waals surface area contributed by atoms with E-state index in [1.807, 2.05) is 24.3 Å². The Bertz CT molecular complexity index is 485. The number of rotatable bonds is 0. The monoisotopic (exact) mass is 156 g/mol. The Morgan fingerprint density at radius 2 is 1.58 bits per heavy atom. The minimum Gasteiger partial charge on any atom is -0.0614 e. The van der Waals surface area contributed by atoms with Crippen molar-refractivity contribution in [2.45, 2.75) is 12.8 Å². The van der Waals surface area contributed by atoms with E-state index in [2.05, 4.69) is 0 Å². The van der Waals surface area contributed by atoms with Crippen molar-refractivity contribution < 1.29 is 2.74 Å². The van der Waals surface area contributed by atoms with E-state index in [4.69, 9.17) is 2.74 Å². The van der Waals surface area contributed by atoms with Crippen LogP contribution in [0.15, 0.2) is 36.4 Å². The Morgan fingerprint density at radius 1 is 1.00 bits per heavy atom. The quantitative estimate of drug-likeness (QED) is 0.550. The third kappa shape index (κ3) is 0.672. The van der Waals surface area contributed by atoms with Crippen molar-refractivity contribution in [2.24, 2.45) is 0 Å². The van der Waals surface area contributed by atoms with Gasteiger partial charge in [-0.15, -0.1) is 0 Å². The molecular weight excluding hydrogens is 144 g/mol. The van der Waals surface area contributed by atoms with E-state index in [1.165, 1.54) is 16.5 Å². The second kappa shape index (κ2) is 2.10. The van der Waals surface area contributed by atoms with Crippen LogP contribution in [-0.2, 0) is 12.8 Å². The van der Waals surface area contributed by atoms with Crippen LogP contribution in [0.1, 0.15) is 13.9 Å². The molecule has 0 N–H and O–H groups in total. The third-order valence-electron chi connectivity index (χ3n) is 2.58. The average Bonchev–Trinajstić information content (AvgIpc) is 2.58. The molecule has 0 aliphatic heterocycles. The summed E-state index contributed by atoms with van der Waals surface area (Å²) >= 11 is 0. The Hall–Kier alpha value is -1.30. The van der Waals surface area contributed by atoms with Gasteiger partial charge in [-0.05, 0) is 34.7 Å². The molecule has 12 heavy (non-hydrogen) atoms. The predicted octanol–water partition coefficient (Wildman–Crippen LogP) is 2.94. The first kappa shape index (κ1) is 4.66.